The average molecular weight is 370 g/mol. The number of nitrogens with two attached hydrogens (primary N) is 1. The smallest absolute Gasteiger partial charge is 0.263 e. The molecule has 0 spiro atoms. The Hall–Kier alpha value is -2.78. The standard InChI is InChI=1S/C18H22N6O3/c1-11-13-9-14(15-20-4-5-23(15)6-8-26-2)17(25)24(12-3-7-27-10-12)16(13)22-18(19)21-11/h4-5,9,12H,3,6-8,10H2,1-2H3,(H2,19,21,22). The Labute approximate surface area is 155 Å². The number of anilines is 1. The third-order valence-corrected chi connectivity index (χ3v) is 4.86. The highest BCUT2D eigenvalue weighted by Crippen LogP contribution is 2.26. The molecule has 0 bridgehead atoms. The predicted octanol–water partition coefficient (Wildman–Crippen LogP) is 1.15. The van der Waals surface area contributed by atoms with Crippen LogP contribution in [0.5, 0.6) is 0 Å². The van der Waals surface area contributed by atoms with Crippen molar-refractivity contribution in [1.82, 2.24) is 24.1 Å². The molecule has 27 heavy (non-hydrogen) atoms. The van der Waals surface area contributed by atoms with Gasteiger partial charge in [-0.15, -0.1) is 0 Å². The summed E-state index contributed by atoms with van der Waals surface area (Å²) in [4.78, 5) is 26.5. The lowest BCUT2D eigenvalue weighted by Crippen LogP contribution is -2.28. The fourth-order valence-electron chi connectivity index (χ4n) is 3.52. The summed E-state index contributed by atoms with van der Waals surface area (Å²) in [6.45, 7) is 4.08. The molecule has 2 N–H and O–H groups in total. The molecule has 0 amide bonds. The van der Waals surface area contributed by atoms with Crippen molar-refractivity contribution in [3.63, 3.8) is 0 Å². The Morgan fingerprint density at radius 1 is 1.41 bits per heavy atom. The van der Waals surface area contributed by atoms with Gasteiger partial charge in [-0.25, -0.2) is 9.97 Å². The predicted molar refractivity (Wildman–Crippen MR) is 101 cm³/mol. The SMILES string of the molecule is COCCn1ccnc1-c1cc2c(C)nc(N)nc2n(C2CCOC2)c1=O. The highest BCUT2D eigenvalue weighted by Gasteiger charge is 2.25. The molecule has 142 valence electrons. The minimum absolute atomic E-state index is 0.0870. The van der Waals surface area contributed by atoms with Crippen LogP contribution in [0.3, 0.4) is 0 Å². The van der Waals surface area contributed by atoms with E-state index in [1.165, 1.54) is 0 Å². The summed E-state index contributed by atoms with van der Waals surface area (Å²) in [7, 11) is 1.64. The van der Waals surface area contributed by atoms with Crippen molar-refractivity contribution in [2.24, 2.45) is 0 Å². The number of imidazole rings is 1. The monoisotopic (exact) mass is 370 g/mol. The molecule has 3 aromatic heterocycles. The Balaban J connectivity index is 1.98. The molecule has 9 nitrogen and oxygen atoms in total. The molecule has 0 radical (unpaired) electrons. The van der Waals surface area contributed by atoms with Crippen molar-refractivity contribution in [3.05, 3.63) is 34.5 Å². The van der Waals surface area contributed by atoms with Gasteiger partial charge in [0, 0.05) is 38.0 Å². The Morgan fingerprint density at radius 2 is 2.26 bits per heavy atom. The fraction of sp³-hybridized carbons (Fsp3) is 0.444. The van der Waals surface area contributed by atoms with E-state index in [1.807, 2.05) is 23.8 Å². The van der Waals surface area contributed by atoms with E-state index in [4.69, 9.17) is 15.2 Å². The molecule has 4 heterocycles. The van der Waals surface area contributed by atoms with E-state index < -0.39 is 0 Å². The van der Waals surface area contributed by atoms with Crippen LogP contribution in [0.2, 0.25) is 0 Å². The van der Waals surface area contributed by atoms with Crippen LogP contribution in [0.4, 0.5) is 5.95 Å². The highest BCUT2D eigenvalue weighted by atomic mass is 16.5. The molecule has 9 heteroatoms. The van der Waals surface area contributed by atoms with Gasteiger partial charge in [-0.1, -0.05) is 0 Å². The van der Waals surface area contributed by atoms with Gasteiger partial charge in [-0.05, 0) is 19.4 Å². The van der Waals surface area contributed by atoms with Gasteiger partial charge in [0.05, 0.1) is 30.5 Å². The summed E-state index contributed by atoms with van der Waals surface area (Å²) in [5, 5.41) is 0.784. The Bertz CT molecular complexity index is 1040. The second-order valence-electron chi connectivity index (χ2n) is 6.59. The molecule has 1 aliphatic heterocycles. The first-order valence-electron chi connectivity index (χ1n) is 8.87. The van der Waals surface area contributed by atoms with Crippen LogP contribution < -0.4 is 11.3 Å². The van der Waals surface area contributed by atoms with Crippen molar-refractivity contribution >= 4 is 17.0 Å². The lowest BCUT2D eigenvalue weighted by Gasteiger charge is -2.18. The number of fused-ring (bicyclic) bond motifs is 1. The molecule has 1 aliphatic rings. The third-order valence-electron chi connectivity index (χ3n) is 4.86. The third kappa shape index (κ3) is 3.08. The second kappa shape index (κ2) is 7.09. The van der Waals surface area contributed by atoms with Crippen molar-refractivity contribution < 1.29 is 9.47 Å². The van der Waals surface area contributed by atoms with E-state index in [1.54, 1.807) is 17.9 Å². The summed E-state index contributed by atoms with van der Waals surface area (Å²) < 4.78 is 14.3. The van der Waals surface area contributed by atoms with Gasteiger partial charge < -0.3 is 19.8 Å². The van der Waals surface area contributed by atoms with E-state index in [-0.39, 0.29) is 17.5 Å². The molecule has 4 rings (SSSR count). The van der Waals surface area contributed by atoms with Crippen molar-refractivity contribution in [1.29, 1.82) is 0 Å². The zero-order chi connectivity index (χ0) is 19.0. The summed E-state index contributed by atoms with van der Waals surface area (Å²) in [5.74, 6) is 0.754. The topological polar surface area (TPSA) is 110 Å². The average Bonchev–Trinajstić information content (AvgIpc) is 3.31. The van der Waals surface area contributed by atoms with Crippen LogP contribution in [0.25, 0.3) is 22.4 Å². The molecular weight excluding hydrogens is 348 g/mol. The Morgan fingerprint density at radius 3 is 3.00 bits per heavy atom. The van der Waals surface area contributed by atoms with Crippen molar-refractivity contribution in [3.8, 4) is 11.4 Å². The zero-order valence-electron chi connectivity index (χ0n) is 15.4. The van der Waals surface area contributed by atoms with Gasteiger partial charge in [0.2, 0.25) is 5.95 Å². The number of methoxy groups -OCH3 is 1. The Kier molecular flexibility index (Phi) is 4.63. The molecule has 0 saturated carbocycles. The number of aromatic nitrogens is 5. The van der Waals surface area contributed by atoms with Gasteiger partial charge >= 0.3 is 0 Å². The number of rotatable bonds is 5. The first-order valence-corrected chi connectivity index (χ1v) is 8.87. The highest BCUT2D eigenvalue weighted by molar-refractivity contribution is 5.83. The normalized spacial score (nSPS) is 17.0. The number of hydrogen-bond donors (Lipinski definition) is 1. The first-order chi connectivity index (χ1) is 13.1. The second-order valence-corrected chi connectivity index (χ2v) is 6.59. The molecule has 1 unspecified atom stereocenters. The lowest BCUT2D eigenvalue weighted by molar-refractivity contribution is 0.186. The molecule has 3 aromatic rings. The lowest BCUT2D eigenvalue weighted by atomic mass is 10.1. The van der Waals surface area contributed by atoms with Crippen LogP contribution in [-0.2, 0) is 16.0 Å². The van der Waals surface area contributed by atoms with Gasteiger partial charge in [-0.2, -0.15) is 4.98 Å². The maximum atomic E-state index is 13.4. The fourth-order valence-corrected chi connectivity index (χ4v) is 3.52. The number of aryl methyl sites for hydroxylation is 1. The van der Waals surface area contributed by atoms with Gasteiger partial charge in [-0.3, -0.25) is 9.36 Å². The minimum atomic E-state index is -0.152. The summed E-state index contributed by atoms with van der Waals surface area (Å²) >= 11 is 0. The molecule has 1 saturated heterocycles. The minimum Gasteiger partial charge on any atom is -0.383 e. The van der Waals surface area contributed by atoms with E-state index in [0.29, 0.717) is 43.4 Å². The number of ether oxygens (including phenoxy) is 2. The maximum Gasteiger partial charge on any atom is 0.263 e. The summed E-state index contributed by atoms with van der Waals surface area (Å²) in [6.07, 6.45) is 4.27. The molecule has 1 fully saturated rings. The number of pyridine rings is 1. The van der Waals surface area contributed by atoms with Crippen molar-refractivity contribution in [2.75, 3.05) is 32.7 Å². The van der Waals surface area contributed by atoms with Gasteiger partial charge in [0.25, 0.3) is 5.56 Å². The summed E-state index contributed by atoms with van der Waals surface area (Å²) in [5.41, 5.74) is 7.47. The van der Waals surface area contributed by atoms with Crippen LogP contribution in [0.1, 0.15) is 18.2 Å². The van der Waals surface area contributed by atoms with Crippen LogP contribution >= 0.6 is 0 Å². The number of hydrogen-bond acceptors (Lipinski definition) is 7. The van der Waals surface area contributed by atoms with Gasteiger partial charge in [0.15, 0.2) is 0 Å². The summed E-state index contributed by atoms with van der Waals surface area (Å²) in [6, 6.07) is 1.72. The van der Waals surface area contributed by atoms with E-state index in [2.05, 4.69) is 15.0 Å². The van der Waals surface area contributed by atoms with E-state index in [9.17, 15) is 4.79 Å². The maximum absolute atomic E-state index is 13.4. The van der Waals surface area contributed by atoms with Crippen LogP contribution in [-0.4, -0.2) is 51.0 Å². The van der Waals surface area contributed by atoms with Crippen LogP contribution in [0.15, 0.2) is 23.3 Å². The number of nitrogen functional groups attached to an aromatic ring is 1. The van der Waals surface area contributed by atoms with Crippen molar-refractivity contribution in [2.45, 2.75) is 25.9 Å². The molecule has 0 aromatic carbocycles. The largest absolute Gasteiger partial charge is 0.383 e. The first kappa shape index (κ1) is 17.6. The quantitative estimate of drug-likeness (QED) is 0.717. The van der Waals surface area contributed by atoms with Crippen LogP contribution in [0, 0.1) is 6.92 Å². The molecular formula is C18H22N6O3. The number of nitrogens with zero attached hydrogens (tertiary/aromatic N) is 5. The molecule has 1 atom stereocenters. The van der Waals surface area contributed by atoms with E-state index in [0.717, 1.165) is 17.5 Å². The molecule has 0 aliphatic carbocycles. The zero-order valence-corrected chi connectivity index (χ0v) is 15.4. The van der Waals surface area contributed by atoms with Gasteiger partial charge in [0.1, 0.15) is 11.5 Å². The van der Waals surface area contributed by atoms with E-state index >= 15 is 0 Å².